The fraction of sp³-hybridized carbons (Fsp3) is 0.143. The highest BCUT2D eigenvalue weighted by molar-refractivity contribution is 5.51. The fourth-order valence-electron chi connectivity index (χ4n) is 1.57. The van der Waals surface area contributed by atoms with E-state index in [0.29, 0.717) is 0 Å². The van der Waals surface area contributed by atoms with Gasteiger partial charge < -0.3 is 0 Å². The predicted molar refractivity (Wildman–Crippen MR) is 66.5 cm³/mol. The van der Waals surface area contributed by atoms with Crippen molar-refractivity contribution in [3.8, 4) is 0 Å². The summed E-state index contributed by atoms with van der Waals surface area (Å²) in [6.07, 6.45) is 0. The first-order valence-electron chi connectivity index (χ1n) is 5.30. The average Bonchev–Trinajstić information content (AvgIpc) is 2.30. The van der Waals surface area contributed by atoms with Crippen molar-refractivity contribution < 1.29 is 0 Å². The maximum absolute atomic E-state index is 4.30. The fourth-order valence-corrected chi connectivity index (χ4v) is 1.57. The summed E-state index contributed by atoms with van der Waals surface area (Å²) in [4.78, 5) is 0. The topological polar surface area (TPSA) is 24.7 Å². The molecule has 2 rings (SSSR count). The summed E-state index contributed by atoms with van der Waals surface area (Å²) in [7, 11) is 0. The van der Waals surface area contributed by atoms with Crippen molar-refractivity contribution in [3.63, 3.8) is 0 Å². The summed E-state index contributed by atoms with van der Waals surface area (Å²) in [5.74, 6) is 0. The molecule has 0 fully saturated rings. The van der Waals surface area contributed by atoms with Crippen LogP contribution in [0.5, 0.6) is 0 Å². The number of azo groups is 1. The second-order valence-corrected chi connectivity index (χ2v) is 3.78. The van der Waals surface area contributed by atoms with Crippen LogP contribution in [0.1, 0.15) is 11.1 Å². The Morgan fingerprint density at radius 2 is 1.31 bits per heavy atom. The van der Waals surface area contributed by atoms with Crippen LogP contribution in [0.4, 0.5) is 11.4 Å². The van der Waals surface area contributed by atoms with E-state index in [1.807, 2.05) is 62.4 Å². The third-order valence-electron chi connectivity index (χ3n) is 2.46. The Morgan fingerprint density at radius 3 is 1.94 bits per heavy atom. The van der Waals surface area contributed by atoms with Crippen LogP contribution in [0.15, 0.2) is 58.8 Å². The summed E-state index contributed by atoms with van der Waals surface area (Å²) in [5.41, 5.74) is 4.15. The zero-order valence-corrected chi connectivity index (χ0v) is 9.51. The standard InChI is InChI=1S/C14H14N2/c1-11-7-6-8-12(2)14(11)16-15-13-9-4-3-5-10-13/h3-10H,1-2H3/b16-15+. The summed E-state index contributed by atoms with van der Waals surface area (Å²) >= 11 is 0. The number of benzene rings is 2. The zero-order valence-electron chi connectivity index (χ0n) is 9.51. The van der Waals surface area contributed by atoms with Gasteiger partial charge in [-0.25, -0.2) is 0 Å². The van der Waals surface area contributed by atoms with Gasteiger partial charge in [0.15, 0.2) is 0 Å². The van der Waals surface area contributed by atoms with Gasteiger partial charge in [0, 0.05) is 0 Å². The Balaban J connectivity index is 2.31. The first kappa shape index (κ1) is 10.6. The SMILES string of the molecule is Cc1cccc(C)c1/N=N/c1ccccc1. The molecule has 0 radical (unpaired) electrons. The molecule has 0 spiro atoms. The molecule has 2 aromatic rings. The lowest BCUT2D eigenvalue weighted by atomic mass is 10.1. The van der Waals surface area contributed by atoms with E-state index < -0.39 is 0 Å². The number of nitrogens with zero attached hydrogens (tertiary/aromatic N) is 2. The molecule has 2 nitrogen and oxygen atoms in total. The molecule has 0 saturated heterocycles. The Bertz CT molecular complexity index is 481. The van der Waals surface area contributed by atoms with Crippen molar-refractivity contribution in [1.82, 2.24) is 0 Å². The summed E-state index contributed by atoms with van der Waals surface area (Å²) in [6, 6.07) is 15.9. The van der Waals surface area contributed by atoms with Gasteiger partial charge in [0.25, 0.3) is 0 Å². The summed E-state index contributed by atoms with van der Waals surface area (Å²) in [6.45, 7) is 4.10. The van der Waals surface area contributed by atoms with Crippen molar-refractivity contribution in [2.24, 2.45) is 10.2 Å². The van der Waals surface area contributed by atoms with Crippen LogP contribution in [0.3, 0.4) is 0 Å². The van der Waals surface area contributed by atoms with Crippen molar-refractivity contribution in [1.29, 1.82) is 0 Å². The number of rotatable bonds is 2. The van der Waals surface area contributed by atoms with Crippen LogP contribution in [0, 0.1) is 13.8 Å². The molecule has 2 aromatic carbocycles. The molecule has 0 aliphatic carbocycles. The van der Waals surface area contributed by atoms with Crippen molar-refractivity contribution in [2.75, 3.05) is 0 Å². The molecule has 16 heavy (non-hydrogen) atoms. The highest BCUT2D eigenvalue weighted by Gasteiger charge is 1.99. The molecule has 0 heterocycles. The van der Waals surface area contributed by atoms with E-state index in [2.05, 4.69) is 10.2 Å². The van der Waals surface area contributed by atoms with Gasteiger partial charge in [0.2, 0.25) is 0 Å². The van der Waals surface area contributed by atoms with E-state index in [0.717, 1.165) is 22.5 Å². The smallest absolute Gasteiger partial charge is 0.0915 e. The molecule has 0 N–H and O–H groups in total. The van der Waals surface area contributed by atoms with E-state index in [4.69, 9.17) is 0 Å². The van der Waals surface area contributed by atoms with E-state index in [-0.39, 0.29) is 0 Å². The van der Waals surface area contributed by atoms with Crippen LogP contribution in [-0.4, -0.2) is 0 Å². The lowest BCUT2D eigenvalue weighted by molar-refractivity contribution is 1.19. The number of hydrogen-bond acceptors (Lipinski definition) is 2. The lowest BCUT2D eigenvalue weighted by Crippen LogP contribution is -1.78. The molecule has 0 aliphatic rings. The molecule has 0 amide bonds. The minimum Gasteiger partial charge on any atom is -0.151 e. The van der Waals surface area contributed by atoms with Crippen LogP contribution < -0.4 is 0 Å². The van der Waals surface area contributed by atoms with Gasteiger partial charge in [0.1, 0.15) is 0 Å². The van der Waals surface area contributed by atoms with Gasteiger partial charge >= 0.3 is 0 Å². The molecule has 0 atom stereocenters. The molecule has 0 aromatic heterocycles. The Hall–Kier alpha value is -1.96. The highest BCUT2D eigenvalue weighted by Crippen LogP contribution is 2.25. The van der Waals surface area contributed by atoms with Gasteiger partial charge in [-0.1, -0.05) is 36.4 Å². The van der Waals surface area contributed by atoms with Gasteiger partial charge in [-0.15, -0.1) is 0 Å². The molecular weight excluding hydrogens is 196 g/mol. The highest BCUT2D eigenvalue weighted by atomic mass is 15.1. The van der Waals surface area contributed by atoms with Crippen molar-refractivity contribution in [2.45, 2.75) is 13.8 Å². The lowest BCUT2D eigenvalue weighted by Gasteiger charge is -2.01. The number of hydrogen-bond donors (Lipinski definition) is 0. The maximum Gasteiger partial charge on any atom is 0.0915 e. The van der Waals surface area contributed by atoms with Crippen molar-refractivity contribution in [3.05, 3.63) is 59.7 Å². The molecule has 0 aliphatic heterocycles. The molecule has 0 unspecified atom stereocenters. The third kappa shape index (κ3) is 2.34. The van der Waals surface area contributed by atoms with Crippen LogP contribution in [0.2, 0.25) is 0 Å². The molecule has 80 valence electrons. The normalized spacial score (nSPS) is 10.9. The van der Waals surface area contributed by atoms with Crippen LogP contribution in [0.25, 0.3) is 0 Å². The van der Waals surface area contributed by atoms with Gasteiger partial charge in [-0.3, -0.25) is 0 Å². The summed E-state index contributed by atoms with van der Waals surface area (Å²) in [5, 5.41) is 8.52. The molecule has 0 bridgehead atoms. The molecule has 2 heteroatoms. The Kier molecular flexibility index (Phi) is 3.10. The zero-order chi connectivity index (χ0) is 11.4. The van der Waals surface area contributed by atoms with E-state index >= 15 is 0 Å². The quantitative estimate of drug-likeness (QED) is 0.641. The van der Waals surface area contributed by atoms with Crippen molar-refractivity contribution >= 4 is 11.4 Å². The minimum absolute atomic E-state index is 0.880. The average molecular weight is 210 g/mol. The van der Waals surface area contributed by atoms with Crippen LogP contribution >= 0.6 is 0 Å². The maximum atomic E-state index is 4.30. The third-order valence-corrected chi connectivity index (χ3v) is 2.46. The second kappa shape index (κ2) is 4.71. The second-order valence-electron chi connectivity index (χ2n) is 3.78. The van der Waals surface area contributed by atoms with Gasteiger partial charge in [0.05, 0.1) is 11.4 Å². The van der Waals surface area contributed by atoms with Gasteiger partial charge in [-0.05, 0) is 37.1 Å². The largest absolute Gasteiger partial charge is 0.151 e. The Labute approximate surface area is 95.7 Å². The number of aryl methyl sites for hydroxylation is 2. The monoisotopic (exact) mass is 210 g/mol. The Morgan fingerprint density at radius 1 is 0.688 bits per heavy atom. The first-order valence-corrected chi connectivity index (χ1v) is 5.30. The van der Waals surface area contributed by atoms with E-state index in [1.54, 1.807) is 0 Å². The van der Waals surface area contributed by atoms with E-state index in [1.165, 1.54) is 0 Å². The van der Waals surface area contributed by atoms with Crippen LogP contribution in [-0.2, 0) is 0 Å². The predicted octanol–water partition coefficient (Wildman–Crippen LogP) is 4.72. The molecule has 0 saturated carbocycles. The molecular formula is C14H14N2. The van der Waals surface area contributed by atoms with E-state index in [9.17, 15) is 0 Å². The first-order chi connectivity index (χ1) is 7.77. The summed E-state index contributed by atoms with van der Waals surface area (Å²) < 4.78 is 0. The van der Waals surface area contributed by atoms with Gasteiger partial charge in [-0.2, -0.15) is 10.2 Å². The minimum atomic E-state index is 0.880.